The van der Waals surface area contributed by atoms with E-state index in [-0.39, 0.29) is 0 Å². The molecule has 1 rings (SSSR count). The summed E-state index contributed by atoms with van der Waals surface area (Å²) in [6, 6.07) is 2.72. The van der Waals surface area contributed by atoms with Crippen molar-refractivity contribution in [1.29, 1.82) is 0 Å². The highest BCUT2D eigenvalue weighted by Crippen LogP contribution is 2.28. The average Bonchev–Trinajstić information content (AvgIpc) is 2.81. The van der Waals surface area contributed by atoms with Gasteiger partial charge in [0.05, 0.1) is 11.4 Å². The molecule has 0 saturated carbocycles. The van der Waals surface area contributed by atoms with Gasteiger partial charge in [-0.25, -0.2) is 0 Å². The third-order valence-corrected chi connectivity index (χ3v) is 3.70. The van der Waals surface area contributed by atoms with Crippen molar-refractivity contribution < 1.29 is 0 Å². The van der Waals surface area contributed by atoms with Gasteiger partial charge < -0.3 is 5.32 Å². The highest BCUT2D eigenvalue weighted by atomic mass is 15.3. The van der Waals surface area contributed by atoms with E-state index in [0.29, 0.717) is 11.5 Å². The van der Waals surface area contributed by atoms with Crippen molar-refractivity contribution in [2.24, 2.45) is 5.41 Å². The van der Waals surface area contributed by atoms with Gasteiger partial charge >= 0.3 is 0 Å². The van der Waals surface area contributed by atoms with Crippen molar-refractivity contribution in [3.63, 3.8) is 0 Å². The Morgan fingerprint density at radius 1 is 1.25 bits per heavy atom. The molecule has 1 aromatic rings. The Labute approximate surface area is 125 Å². The fraction of sp³-hybridized carbons (Fsp3) is 0.824. The minimum absolute atomic E-state index is 0.386. The molecule has 1 atom stereocenters. The maximum absolute atomic E-state index is 4.70. The molecule has 3 nitrogen and oxygen atoms in total. The van der Waals surface area contributed by atoms with E-state index in [0.717, 1.165) is 19.5 Å². The summed E-state index contributed by atoms with van der Waals surface area (Å²) < 4.78 is 2.18. The van der Waals surface area contributed by atoms with Gasteiger partial charge in [-0.2, -0.15) is 5.10 Å². The van der Waals surface area contributed by atoms with Gasteiger partial charge in [0, 0.05) is 12.6 Å². The van der Waals surface area contributed by atoms with Crippen LogP contribution in [-0.4, -0.2) is 16.3 Å². The van der Waals surface area contributed by atoms with Crippen LogP contribution < -0.4 is 5.32 Å². The molecular weight excluding hydrogens is 246 g/mol. The summed E-state index contributed by atoms with van der Waals surface area (Å²) >= 11 is 0. The van der Waals surface area contributed by atoms with Crippen LogP contribution >= 0.6 is 0 Å². The van der Waals surface area contributed by atoms with Crippen LogP contribution in [0.5, 0.6) is 0 Å². The Morgan fingerprint density at radius 3 is 2.45 bits per heavy atom. The Hall–Kier alpha value is -0.830. The van der Waals surface area contributed by atoms with E-state index in [2.05, 4.69) is 57.6 Å². The second-order valence-corrected chi connectivity index (χ2v) is 6.84. The molecule has 0 spiro atoms. The monoisotopic (exact) mass is 279 g/mol. The van der Waals surface area contributed by atoms with Gasteiger partial charge in [0.2, 0.25) is 0 Å². The van der Waals surface area contributed by atoms with Gasteiger partial charge in [-0.1, -0.05) is 34.6 Å². The highest BCUT2D eigenvalue weighted by Gasteiger charge is 2.20. The van der Waals surface area contributed by atoms with Gasteiger partial charge in [-0.15, -0.1) is 0 Å². The number of nitrogens with zero attached hydrogens (tertiary/aromatic N) is 2. The van der Waals surface area contributed by atoms with Crippen LogP contribution in [-0.2, 0) is 13.0 Å². The van der Waals surface area contributed by atoms with E-state index in [1.165, 1.54) is 30.7 Å². The molecule has 116 valence electrons. The fourth-order valence-corrected chi connectivity index (χ4v) is 2.44. The largest absolute Gasteiger partial charge is 0.309 e. The lowest BCUT2D eigenvalue weighted by Crippen LogP contribution is -2.26. The minimum atomic E-state index is 0.386. The third-order valence-electron chi connectivity index (χ3n) is 3.70. The van der Waals surface area contributed by atoms with Crippen LogP contribution in [0.3, 0.4) is 0 Å². The second-order valence-electron chi connectivity index (χ2n) is 6.84. The van der Waals surface area contributed by atoms with E-state index in [1.54, 1.807) is 0 Å². The third kappa shape index (κ3) is 5.28. The summed E-state index contributed by atoms with van der Waals surface area (Å²) in [5.41, 5.74) is 2.96. The topological polar surface area (TPSA) is 29.9 Å². The predicted molar refractivity (Wildman–Crippen MR) is 87.0 cm³/mol. The summed E-state index contributed by atoms with van der Waals surface area (Å²) in [4.78, 5) is 0. The first-order chi connectivity index (χ1) is 9.41. The summed E-state index contributed by atoms with van der Waals surface area (Å²) in [5, 5.41) is 8.41. The molecule has 1 aromatic heterocycles. The first kappa shape index (κ1) is 17.2. The minimum Gasteiger partial charge on any atom is -0.309 e. The highest BCUT2D eigenvalue weighted by molar-refractivity contribution is 5.14. The molecule has 20 heavy (non-hydrogen) atoms. The van der Waals surface area contributed by atoms with Gasteiger partial charge in [0.1, 0.15) is 0 Å². The number of aryl methyl sites for hydroxylation is 2. The maximum Gasteiger partial charge on any atom is 0.0625 e. The molecule has 0 amide bonds. The van der Waals surface area contributed by atoms with E-state index in [4.69, 9.17) is 5.10 Å². The standard InChI is InChI=1S/C17H33N3/c1-7-12-18-15(10-11-17(4,5)6)16-13-14(8-2)19-20(16)9-3/h13,15,18H,7-12H2,1-6H3. The SMILES string of the molecule is CCCNC(CCC(C)(C)C)c1cc(CC)nn1CC. The number of hydrogen-bond acceptors (Lipinski definition) is 2. The van der Waals surface area contributed by atoms with Crippen LogP contribution in [0.2, 0.25) is 0 Å². The lowest BCUT2D eigenvalue weighted by molar-refractivity contribution is 0.325. The second kappa shape index (κ2) is 7.82. The molecule has 0 saturated heterocycles. The molecular formula is C17H33N3. The van der Waals surface area contributed by atoms with Crippen LogP contribution in [0, 0.1) is 5.41 Å². The summed E-state index contributed by atoms with van der Waals surface area (Å²) in [5.74, 6) is 0. The van der Waals surface area contributed by atoms with Crippen molar-refractivity contribution in [2.45, 2.75) is 79.8 Å². The predicted octanol–water partition coefficient (Wildman–Crippen LogP) is 4.33. The van der Waals surface area contributed by atoms with Crippen molar-refractivity contribution in [1.82, 2.24) is 15.1 Å². The lowest BCUT2D eigenvalue weighted by Gasteiger charge is -2.24. The van der Waals surface area contributed by atoms with Crippen LogP contribution in [0.1, 0.15) is 78.2 Å². The molecule has 1 N–H and O–H groups in total. The van der Waals surface area contributed by atoms with Crippen molar-refractivity contribution >= 4 is 0 Å². The molecule has 3 heteroatoms. The van der Waals surface area contributed by atoms with Gasteiger partial charge in [-0.3, -0.25) is 4.68 Å². The zero-order valence-corrected chi connectivity index (χ0v) is 14.3. The van der Waals surface area contributed by atoms with Gasteiger partial charge in [0.25, 0.3) is 0 Å². The molecule has 0 aliphatic rings. The molecule has 0 aliphatic heterocycles. The Bertz CT molecular complexity index is 387. The Kier molecular flexibility index (Phi) is 6.74. The van der Waals surface area contributed by atoms with E-state index in [9.17, 15) is 0 Å². The van der Waals surface area contributed by atoms with Crippen molar-refractivity contribution in [3.8, 4) is 0 Å². The number of hydrogen-bond donors (Lipinski definition) is 1. The van der Waals surface area contributed by atoms with Gasteiger partial charge in [0.15, 0.2) is 0 Å². The lowest BCUT2D eigenvalue weighted by atomic mass is 9.88. The Balaban J connectivity index is 2.88. The Morgan fingerprint density at radius 2 is 1.95 bits per heavy atom. The quantitative estimate of drug-likeness (QED) is 0.767. The van der Waals surface area contributed by atoms with Crippen LogP contribution in [0.25, 0.3) is 0 Å². The first-order valence-corrected chi connectivity index (χ1v) is 8.21. The maximum atomic E-state index is 4.70. The summed E-state index contributed by atoms with van der Waals surface area (Å²) in [6.45, 7) is 15.6. The van der Waals surface area contributed by atoms with Crippen molar-refractivity contribution in [3.05, 3.63) is 17.5 Å². The zero-order chi connectivity index (χ0) is 15.2. The molecule has 0 fully saturated rings. The normalized spacial score (nSPS) is 13.7. The van der Waals surface area contributed by atoms with Crippen LogP contribution in [0.15, 0.2) is 6.07 Å². The molecule has 1 heterocycles. The smallest absolute Gasteiger partial charge is 0.0625 e. The molecule has 0 aromatic carbocycles. The molecule has 0 aliphatic carbocycles. The van der Waals surface area contributed by atoms with Gasteiger partial charge in [-0.05, 0) is 50.6 Å². The summed E-state index contributed by atoms with van der Waals surface area (Å²) in [6.07, 6.45) is 4.59. The zero-order valence-electron chi connectivity index (χ0n) is 14.3. The van der Waals surface area contributed by atoms with E-state index >= 15 is 0 Å². The van der Waals surface area contributed by atoms with E-state index in [1.807, 2.05) is 0 Å². The number of nitrogens with one attached hydrogen (secondary N) is 1. The molecule has 0 radical (unpaired) electrons. The average molecular weight is 279 g/mol. The molecule has 1 unspecified atom stereocenters. The fourth-order valence-electron chi connectivity index (χ4n) is 2.44. The first-order valence-electron chi connectivity index (χ1n) is 8.21. The molecule has 0 bridgehead atoms. The summed E-state index contributed by atoms with van der Waals surface area (Å²) in [7, 11) is 0. The number of rotatable bonds is 8. The van der Waals surface area contributed by atoms with Crippen LogP contribution in [0.4, 0.5) is 0 Å². The van der Waals surface area contributed by atoms with Crippen molar-refractivity contribution in [2.75, 3.05) is 6.54 Å². The van der Waals surface area contributed by atoms with E-state index < -0.39 is 0 Å². The number of aromatic nitrogens is 2.